The lowest BCUT2D eigenvalue weighted by Crippen LogP contribution is -2.45. The predicted octanol–water partition coefficient (Wildman–Crippen LogP) is 0.195. The molecular formula is C8H13ClN4O2S. The molecule has 0 radical (unpaired) electrons. The van der Waals surface area contributed by atoms with Gasteiger partial charge in [-0.05, 0) is 6.92 Å². The van der Waals surface area contributed by atoms with Crippen molar-refractivity contribution in [3.05, 3.63) is 5.01 Å². The quantitative estimate of drug-likeness (QED) is 0.798. The van der Waals surface area contributed by atoms with E-state index in [4.69, 9.17) is 4.74 Å². The third kappa shape index (κ3) is 3.38. The van der Waals surface area contributed by atoms with Crippen LogP contribution in [-0.2, 0) is 9.53 Å². The highest BCUT2D eigenvalue weighted by Crippen LogP contribution is 2.14. The largest absolute Gasteiger partial charge is 0.366 e. The number of nitrogens with one attached hydrogen (secondary N) is 2. The van der Waals surface area contributed by atoms with E-state index in [1.54, 1.807) is 0 Å². The summed E-state index contributed by atoms with van der Waals surface area (Å²) < 4.78 is 5.30. The molecule has 6 nitrogen and oxygen atoms in total. The Hall–Kier alpha value is -0.760. The van der Waals surface area contributed by atoms with Crippen molar-refractivity contribution in [1.29, 1.82) is 0 Å². The zero-order valence-corrected chi connectivity index (χ0v) is 10.4. The van der Waals surface area contributed by atoms with E-state index in [1.807, 2.05) is 6.92 Å². The minimum atomic E-state index is -0.428. The second-order valence-electron chi connectivity index (χ2n) is 3.18. The van der Waals surface area contributed by atoms with Crippen LogP contribution in [0.3, 0.4) is 0 Å². The van der Waals surface area contributed by atoms with Gasteiger partial charge in [-0.1, -0.05) is 11.3 Å². The first-order chi connectivity index (χ1) is 7.25. The van der Waals surface area contributed by atoms with Gasteiger partial charge in [-0.2, -0.15) is 0 Å². The minimum Gasteiger partial charge on any atom is -0.366 e. The molecule has 16 heavy (non-hydrogen) atoms. The van der Waals surface area contributed by atoms with Crippen LogP contribution >= 0.6 is 23.7 Å². The van der Waals surface area contributed by atoms with Gasteiger partial charge < -0.3 is 10.1 Å². The Labute approximate surface area is 103 Å². The van der Waals surface area contributed by atoms with Crippen molar-refractivity contribution in [2.45, 2.75) is 13.0 Å². The number of amides is 1. The van der Waals surface area contributed by atoms with Gasteiger partial charge in [0.2, 0.25) is 5.13 Å². The topological polar surface area (TPSA) is 76.1 Å². The highest BCUT2D eigenvalue weighted by molar-refractivity contribution is 7.15. The maximum atomic E-state index is 11.6. The third-order valence-corrected chi connectivity index (χ3v) is 2.73. The summed E-state index contributed by atoms with van der Waals surface area (Å²) in [4.78, 5) is 11.6. The Morgan fingerprint density at radius 1 is 1.62 bits per heavy atom. The molecule has 0 bridgehead atoms. The summed E-state index contributed by atoms with van der Waals surface area (Å²) in [7, 11) is 0. The highest BCUT2D eigenvalue weighted by atomic mass is 35.5. The second-order valence-corrected chi connectivity index (χ2v) is 4.36. The molecule has 1 amide bonds. The normalized spacial score (nSPS) is 19.9. The fourth-order valence-electron chi connectivity index (χ4n) is 1.27. The second kappa shape index (κ2) is 6.09. The number of aromatic nitrogens is 2. The summed E-state index contributed by atoms with van der Waals surface area (Å²) in [6.07, 6.45) is -0.428. The molecule has 2 N–H and O–H groups in total. The van der Waals surface area contributed by atoms with E-state index in [0.717, 1.165) is 11.6 Å². The summed E-state index contributed by atoms with van der Waals surface area (Å²) in [6, 6.07) is 0. The number of anilines is 1. The molecule has 1 fully saturated rings. The molecule has 2 rings (SSSR count). The lowest BCUT2D eigenvalue weighted by molar-refractivity contribution is -0.128. The first-order valence-electron chi connectivity index (χ1n) is 4.69. The number of hydrogen-bond donors (Lipinski definition) is 2. The molecule has 1 saturated heterocycles. The van der Waals surface area contributed by atoms with Crippen LogP contribution in [0.1, 0.15) is 5.01 Å². The molecule has 8 heteroatoms. The maximum absolute atomic E-state index is 11.6. The molecule has 0 aromatic carbocycles. The Balaban J connectivity index is 0.00000128. The first kappa shape index (κ1) is 13.3. The highest BCUT2D eigenvalue weighted by Gasteiger charge is 2.22. The summed E-state index contributed by atoms with van der Waals surface area (Å²) in [5.74, 6) is -0.168. The number of nitrogens with zero attached hydrogens (tertiary/aromatic N) is 2. The number of hydrogen-bond acceptors (Lipinski definition) is 6. The molecule has 0 spiro atoms. The van der Waals surface area contributed by atoms with Gasteiger partial charge in [0, 0.05) is 13.1 Å². The van der Waals surface area contributed by atoms with Crippen molar-refractivity contribution >= 4 is 34.8 Å². The average molecular weight is 265 g/mol. The van der Waals surface area contributed by atoms with Gasteiger partial charge in [-0.15, -0.1) is 22.6 Å². The van der Waals surface area contributed by atoms with E-state index in [1.165, 1.54) is 11.3 Å². The van der Waals surface area contributed by atoms with Crippen LogP contribution in [0.5, 0.6) is 0 Å². The van der Waals surface area contributed by atoms with Crippen molar-refractivity contribution in [2.75, 3.05) is 25.0 Å². The number of carbonyl (C=O) groups is 1. The smallest absolute Gasteiger partial charge is 0.256 e. The molecule has 1 aromatic rings. The Morgan fingerprint density at radius 3 is 3.00 bits per heavy atom. The average Bonchev–Trinajstić information content (AvgIpc) is 2.65. The predicted molar refractivity (Wildman–Crippen MR) is 63.1 cm³/mol. The molecule has 1 atom stereocenters. The zero-order chi connectivity index (χ0) is 10.7. The van der Waals surface area contributed by atoms with Crippen LogP contribution in [0.4, 0.5) is 5.13 Å². The van der Waals surface area contributed by atoms with Gasteiger partial charge in [-0.25, -0.2) is 0 Å². The van der Waals surface area contributed by atoms with Crippen molar-refractivity contribution in [3.63, 3.8) is 0 Å². The van der Waals surface area contributed by atoms with E-state index in [-0.39, 0.29) is 18.3 Å². The number of halogens is 1. The fraction of sp³-hybridized carbons (Fsp3) is 0.625. The van der Waals surface area contributed by atoms with Gasteiger partial charge in [0.1, 0.15) is 11.1 Å². The number of carbonyl (C=O) groups excluding carboxylic acids is 1. The van der Waals surface area contributed by atoms with E-state index in [0.29, 0.717) is 18.3 Å². The van der Waals surface area contributed by atoms with E-state index in [9.17, 15) is 4.79 Å². The molecule has 1 aromatic heterocycles. The first-order valence-corrected chi connectivity index (χ1v) is 5.50. The maximum Gasteiger partial charge on any atom is 0.256 e. The van der Waals surface area contributed by atoms with Crippen molar-refractivity contribution in [3.8, 4) is 0 Å². The van der Waals surface area contributed by atoms with Gasteiger partial charge in [-0.3, -0.25) is 10.1 Å². The Bertz CT molecular complexity index is 354. The Morgan fingerprint density at radius 2 is 2.44 bits per heavy atom. The van der Waals surface area contributed by atoms with Gasteiger partial charge in [0.05, 0.1) is 6.61 Å². The monoisotopic (exact) mass is 264 g/mol. The number of morpholine rings is 1. The molecular weight excluding hydrogens is 252 g/mol. The van der Waals surface area contributed by atoms with Crippen molar-refractivity contribution in [1.82, 2.24) is 15.5 Å². The number of aryl methyl sites for hydroxylation is 1. The number of rotatable bonds is 2. The molecule has 1 aliphatic rings. The summed E-state index contributed by atoms with van der Waals surface area (Å²) in [5, 5.41) is 14.7. The zero-order valence-electron chi connectivity index (χ0n) is 8.73. The Kier molecular flexibility index (Phi) is 5.07. The fourth-order valence-corrected chi connectivity index (χ4v) is 1.86. The third-order valence-electron chi connectivity index (χ3n) is 1.98. The van der Waals surface area contributed by atoms with E-state index in [2.05, 4.69) is 20.8 Å². The molecule has 2 heterocycles. The van der Waals surface area contributed by atoms with Gasteiger partial charge in [0.25, 0.3) is 5.91 Å². The van der Waals surface area contributed by atoms with Gasteiger partial charge in [0.15, 0.2) is 0 Å². The van der Waals surface area contributed by atoms with Crippen LogP contribution in [0.2, 0.25) is 0 Å². The molecule has 0 aliphatic carbocycles. The van der Waals surface area contributed by atoms with Crippen LogP contribution < -0.4 is 10.6 Å². The lowest BCUT2D eigenvalue weighted by atomic mass is 10.3. The molecule has 0 saturated carbocycles. The van der Waals surface area contributed by atoms with Crippen LogP contribution in [0, 0.1) is 6.92 Å². The number of ether oxygens (including phenoxy) is 1. The summed E-state index contributed by atoms with van der Waals surface area (Å²) >= 11 is 1.35. The van der Waals surface area contributed by atoms with Crippen LogP contribution in [0.15, 0.2) is 0 Å². The lowest BCUT2D eigenvalue weighted by Gasteiger charge is -2.21. The standard InChI is InChI=1S/C8H12N4O2S.ClH/c1-5-11-12-8(15-5)10-7(13)6-4-9-2-3-14-6;/h6,9H,2-4H2,1H3,(H,10,12,13);1H. The molecule has 1 aliphatic heterocycles. The van der Waals surface area contributed by atoms with Crippen LogP contribution in [-0.4, -0.2) is 41.9 Å². The molecule has 90 valence electrons. The summed E-state index contributed by atoms with van der Waals surface area (Å²) in [5.41, 5.74) is 0. The van der Waals surface area contributed by atoms with Crippen molar-refractivity contribution < 1.29 is 9.53 Å². The summed E-state index contributed by atoms with van der Waals surface area (Å²) in [6.45, 7) is 3.74. The SMILES string of the molecule is Cc1nnc(NC(=O)C2CNCCO2)s1.Cl. The van der Waals surface area contributed by atoms with Gasteiger partial charge >= 0.3 is 0 Å². The molecule has 1 unspecified atom stereocenters. The van der Waals surface area contributed by atoms with Crippen molar-refractivity contribution in [2.24, 2.45) is 0 Å². The van der Waals surface area contributed by atoms with E-state index >= 15 is 0 Å². The van der Waals surface area contributed by atoms with E-state index < -0.39 is 6.10 Å². The minimum absolute atomic E-state index is 0. The van der Waals surface area contributed by atoms with Crippen LogP contribution in [0.25, 0.3) is 0 Å².